The highest BCUT2D eigenvalue weighted by Gasteiger charge is 2.22. The maximum Gasteiger partial charge on any atom is 0.222 e. The van der Waals surface area contributed by atoms with E-state index in [9.17, 15) is 9.90 Å². The van der Waals surface area contributed by atoms with Crippen LogP contribution in [0.3, 0.4) is 0 Å². The Morgan fingerprint density at radius 1 is 1.35 bits per heavy atom. The van der Waals surface area contributed by atoms with E-state index in [-0.39, 0.29) is 11.8 Å². The predicted molar refractivity (Wildman–Crippen MR) is 95.8 cm³/mol. The Morgan fingerprint density at radius 2 is 2.04 bits per heavy atom. The highest BCUT2D eigenvalue weighted by atomic mass is 35.5. The van der Waals surface area contributed by atoms with E-state index < -0.39 is 6.10 Å². The fourth-order valence-electron chi connectivity index (χ4n) is 2.63. The van der Waals surface area contributed by atoms with Gasteiger partial charge in [-0.15, -0.1) is 11.6 Å². The largest absolute Gasteiger partial charge is 0.390 e. The van der Waals surface area contributed by atoms with Gasteiger partial charge in [0.15, 0.2) is 0 Å². The molecule has 1 fully saturated rings. The number of aliphatic hydroxyl groups is 1. The zero-order valence-corrected chi connectivity index (χ0v) is 14.8. The number of hydrogen-bond donors (Lipinski definition) is 2. The Morgan fingerprint density at radius 3 is 2.65 bits per heavy atom. The Hall–Kier alpha value is -1.17. The molecule has 23 heavy (non-hydrogen) atoms. The number of hydrogen-bond acceptors (Lipinski definition) is 4. The van der Waals surface area contributed by atoms with Crippen LogP contribution in [0.2, 0.25) is 5.02 Å². The van der Waals surface area contributed by atoms with Gasteiger partial charge in [0.25, 0.3) is 0 Å². The van der Waals surface area contributed by atoms with Crippen molar-refractivity contribution in [3.63, 3.8) is 0 Å². The molecule has 1 atom stereocenters. The minimum Gasteiger partial charge on any atom is -0.390 e. The van der Waals surface area contributed by atoms with Gasteiger partial charge < -0.3 is 20.2 Å². The van der Waals surface area contributed by atoms with Crippen molar-refractivity contribution in [1.82, 2.24) is 4.90 Å². The number of halogens is 2. The molecule has 7 heteroatoms. The number of amides is 1. The van der Waals surface area contributed by atoms with Crippen LogP contribution < -0.4 is 10.2 Å². The van der Waals surface area contributed by atoms with Crippen LogP contribution in [0.4, 0.5) is 11.4 Å². The lowest BCUT2D eigenvalue weighted by molar-refractivity contribution is -0.131. The molecule has 0 radical (unpaired) electrons. The second-order valence-electron chi connectivity index (χ2n) is 5.57. The summed E-state index contributed by atoms with van der Waals surface area (Å²) in [6.45, 7) is 5.25. The molecule has 1 unspecified atom stereocenters. The molecule has 5 nitrogen and oxygen atoms in total. The van der Waals surface area contributed by atoms with Gasteiger partial charge in [-0.25, -0.2) is 0 Å². The molecule has 1 heterocycles. The molecule has 1 aromatic carbocycles. The lowest BCUT2D eigenvalue weighted by atomic mass is 10.2. The van der Waals surface area contributed by atoms with Crippen LogP contribution in [0, 0.1) is 0 Å². The minimum atomic E-state index is -0.609. The summed E-state index contributed by atoms with van der Waals surface area (Å²) in [7, 11) is 0. The van der Waals surface area contributed by atoms with Gasteiger partial charge in [-0.3, -0.25) is 4.79 Å². The minimum absolute atomic E-state index is 0.181. The van der Waals surface area contributed by atoms with E-state index in [1.165, 1.54) is 0 Å². The van der Waals surface area contributed by atoms with Crippen molar-refractivity contribution in [2.75, 3.05) is 48.8 Å². The van der Waals surface area contributed by atoms with Crippen molar-refractivity contribution in [3.8, 4) is 0 Å². The number of piperazine rings is 1. The third-order valence-electron chi connectivity index (χ3n) is 3.94. The Bertz CT molecular complexity index is 534. The van der Waals surface area contributed by atoms with Crippen LogP contribution in [-0.2, 0) is 4.79 Å². The fraction of sp³-hybridized carbons (Fsp3) is 0.562. The van der Waals surface area contributed by atoms with Crippen LogP contribution in [0.25, 0.3) is 0 Å². The topological polar surface area (TPSA) is 55.8 Å². The Labute approximate surface area is 147 Å². The van der Waals surface area contributed by atoms with E-state index in [1.807, 2.05) is 30.0 Å². The molecule has 1 aliphatic rings. The van der Waals surface area contributed by atoms with E-state index in [4.69, 9.17) is 23.2 Å². The first-order valence-corrected chi connectivity index (χ1v) is 8.76. The average molecular weight is 360 g/mol. The van der Waals surface area contributed by atoms with Crippen molar-refractivity contribution >= 4 is 40.5 Å². The number of nitrogens with zero attached hydrogens (tertiary/aromatic N) is 2. The number of benzene rings is 1. The molecule has 0 aromatic heterocycles. The molecule has 1 aliphatic heterocycles. The highest BCUT2D eigenvalue weighted by molar-refractivity contribution is 6.31. The number of carbonyl (C=O) groups excluding carboxylic acids is 1. The summed E-state index contributed by atoms with van der Waals surface area (Å²) in [5, 5.41) is 13.5. The second kappa shape index (κ2) is 8.62. The van der Waals surface area contributed by atoms with Gasteiger partial charge in [0.1, 0.15) is 0 Å². The lowest BCUT2D eigenvalue weighted by Crippen LogP contribution is -2.48. The summed E-state index contributed by atoms with van der Waals surface area (Å²) in [4.78, 5) is 15.9. The maximum absolute atomic E-state index is 11.8. The quantitative estimate of drug-likeness (QED) is 0.765. The first-order chi connectivity index (χ1) is 11.0. The van der Waals surface area contributed by atoms with Crippen LogP contribution in [0.1, 0.15) is 13.3 Å². The number of carbonyl (C=O) groups is 1. The van der Waals surface area contributed by atoms with Crippen molar-refractivity contribution in [2.24, 2.45) is 0 Å². The predicted octanol–water partition coefficient (Wildman–Crippen LogP) is 2.41. The second-order valence-corrected chi connectivity index (χ2v) is 6.32. The first-order valence-electron chi connectivity index (χ1n) is 7.85. The normalized spacial score (nSPS) is 16.3. The van der Waals surface area contributed by atoms with E-state index in [1.54, 1.807) is 0 Å². The molecule has 0 spiro atoms. The van der Waals surface area contributed by atoms with Crippen molar-refractivity contribution in [1.29, 1.82) is 0 Å². The summed E-state index contributed by atoms with van der Waals surface area (Å²) >= 11 is 11.7. The molecule has 1 aromatic rings. The van der Waals surface area contributed by atoms with Crippen LogP contribution in [-0.4, -0.2) is 60.6 Å². The van der Waals surface area contributed by atoms with Gasteiger partial charge in [0.05, 0.1) is 23.4 Å². The SMILES string of the molecule is CCC(=O)N1CCN(c2ccc(Cl)cc2NCC(O)CCl)CC1. The van der Waals surface area contributed by atoms with Gasteiger partial charge in [-0.2, -0.15) is 0 Å². The molecule has 0 saturated carbocycles. The molecule has 1 saturated heterocycles. The third-order valence-corrected chi connectivity index (χ3v) is 4.53. The monoisotopic (exact) mass is 359 g/mol. The molecule has 0 bridgehead atoms. The summed E-state index contributed by atoms with van der Waals surface area (Å²) in [6.07, 6.45) is -0.0631. The molecule has 0 aliphatic carbocycles. The summed E-state index contributed by atoms with van der Waals surface area (Å²) < 4.78 is 0. The maximum atomic E-state index is 11.8. The number of aliphatic hydroxyl groups excluding tert-OH is 1. The van der Waals surface area contributed by atoms with Crippen LogP contribution in [0.5, 0.6) is 0 Å². The van der Waals surface area contributed by atoms with Gasteiger partial charge in [0, 0.05) is 44.2 Å². The zero-order valence-electron chi connectivity index (χ0n) is 13.3. The number of rotatable bonds is 6. The zero-order chi connectivity index (χ0) is 16.8. The number of nitrogens with one attached hydrogen (secondary N) is 1. The van der Waals surface area contributed by atoms with Crippen LogP contribution in [0.15, 0.2) is 18.2 Å². The molecular weight excluding hydrogens is 337 g/mol. The van der Waals surface area contributed by atoms with E-state index in [0.717, 1.165) is 37.6 Å². The lowest BCUT2D eigenvalue weighted by Gasteiger charge is -2.37. The van der Waals surface area contributed by atoms with Crippen molar-refractivity contribution < 1.29 is 9.90 Å². The summed E-state index contributed by atoms with van der Waals surface area (Å²) in [5.74, 6) is 0.380. The molecule has 128 valence electrons. The third kappa shape index (κ3) is 4.90. The van der Waals surface area contributed by atoms with Gasteiger partial charge in [-0.05, 0) is 18.2 Å². The van der Waals surface area contributed by atoms with Gasteiger partial charge >= 0.3 is 0 Å². The molecular formula is C16H23Cl2N3O2. The first kappa shape index (κ1) is 18.2. The Kier molecular flexibility index (Phi) is 6.81. The summed E-state index contributed by atoms with van der Waals surface area (Å²) in [5.41, 5.74) is 1.90. The highest BCUT2D eigenvalue weighted by Crippen LogP contribution is 2.30. The summed E-state index contributed by atoms with van der Waals surface area (Å²) in [6, 6.07) is 5.67. The van der Waals surface area contributed by atoms with E-state index in [0.29, 0.717) is 18.0 Å². The molecule has 2 N–H and O–H groups in total. The van der Waals surface area contributed by atoms with Crippen LogP contribution >= 0.6 is 23.2 Å². The van der Waals surface area contributed by atoms with Gasteiger partial charge in [0.2, 0.25) is 5.91 Å². The van der Waals surface area contributed by atoms with Gasteiger partial charge in [-0.1, -0.05) is 18.5 Å². The molecule has 2 rings (SSSR count). The van der Waals surface area contributed by atoms with Crippen molar-refractivity contribution in [3.05, 3.63) is 23.2 Å². The fourth-order valence-corrected chi connectivity index (χ4v) is 2.91. The number of alkyl halides is 1. The Balaban J connectivity index is 2.06. The van der Waals surface area contributed by atoms with Crippen molar-refractivity contribution in [2.45, 2.75) is 19.4 Å². The number of anilines is 2. The molecule has 1 amide bonds. The van der Waals surface area contributed by atoms with E-state index in [2.05, 4.69) is 10.2 Å². The smallest absolute Gasteiger partial charge is 0.222 e. The standard InChI is InChI=1S/C16H23Cl2N3O2/c1-2-16(23)21-7-5-20(6-8-21)15-4-3-12(18)9-14(15)19-11-13(22)10-17/h3-4,9,13,19,22H,2,5-8,10-11H2,1H3. The van der Waals surface area contributed by atoms with E-state index >= 15 is 0 Å². The average Bonchev–Trinajstić information content (AvgIpc) is 2.59.